The summed E-state index contributed by atoms with van der Waals surface area (Å²) in [5, 5.41) is 6.65. The number of rotatable bonds is 2. The molecule has 0 spiro atoms. The molecule has 0 radical (unpaired) electrons. The fourth-order valence-corrected chi connectivity index (χ4v) is 1.51. The van der Waals surface area contributed by atoms with Crippen molar-refractivity contribution in [2.75, 3.05) is 0 Å². The van der Waals surface area contributed by atoms with Gasteiger partial charge in [0.1, 0.15) is 5.69 Å². The van der Waals surface area contributed by atoms with Gasteiger partial charge in [-0.15, -0.1) is 0 Å². The van der Waals surface area contributed by atoms with Crippen molar-refractivity contribution in [3.8, 4) is 0 Å². The van der Waals surface area contributed by atoms with E-state index in [2.05, 4.69) is 15.2 Å². The summed E-state index contributed by atoms with van der Waals surface area (Å²) >= 11 is 0. The van der Waals surface area contributed by atoms with Crippen molar-refractivity contribution in [1.29, 1.82) is 0 Å². The minimum atomic E-state index is -4.39. The Bertz CT molecular complexity index is 474. The highest BCUT2D eigenvalue weighted by Gasteiger charge is 2.32. The zero-order valence-electron chi connectivity index (χ0n) is 8.99. The maximum Gasteiger partial charge on any atom is 0.433 e. The molecule has 0 bridgehead atoms. The van der Waals surface area contributed by atoms with E-state index in [9.17, 15) is 13.2 Å². The van der Waals surface area contributed by atoms with Crippen LogP contribution in [0.15, 0.2) is 30.6 Å². The van der Waals surface area contributed by atoms with E-state index in [0.29, 0.717) is 5.56 Å². The lowest BCUT2D eigenvalue weighted by atomic mass is 9.99. The quantitative estimate of drug-likeness (QED) is 0.878. The van der Waals surface area contributed by atoms with Crippen molar-refractivity contribution < 1.29 is 13.2 Å². The molecule has 17 heavy (non-hydrogen) atoms. The first-order chi connectivity index (χ1) is 7.98. The van der Waals surface area contributed by atoms with E-state index in [4.69, 9.17) is 0 Å². The molecule has 6 heteroatoms. The predicted molar refractivity (Wildman–Crippen MR) is 55.3 cm³/mol. The average molecular weight is 241 g/mol. The third kappa shape index (κ3) is 2.46. The Morgan fingerprint density at radius 2 is 2.00 bits per heavy atom. The molecular weight excluding hydrogens is 231 g/mol. The normalized spacial score (nSPS) is 13.6. The zero-order chi connectivity index (χ0) is 12.5. The van der Waals surface area contributed by atoms with Crippen LogP contribution < -0.4 is 0 Å². The van der Waals surface area contributed by atoms with Gasteiger partial charge in [-0.25, -0.2) is 0 Å². The van der Waals surface area contributed by atoms with Crippen LogP contribution in [0.4, 0.5) is 13.2 Å². The minimum Gasteiger partial charge on any atom is -0.285 e. The van der Waals surface area contributed by atoms with Gasteiger partial charge in [-0.2, -0.15) is 18.3 Å². The third-order valence-corrected chi connectivity index (χ3v) is 2.54. The van der Waals surface area contributed by atoms with Gasteiger partial charge in [0.2, 0.25) is 0 Å². The largest absolute Gasteiger partial charge is 0.433 e. The molecule has 90 valence electrons. The highest BCUT2D eigenvalue weighted by atomic mass is 19.4. The summed E-state index contributed by atoms with van der Waals surface area (Å²) in [7, 11) is 0. The van der Waals surface area contributed by atoms with Gasteiger partial charge < -0.3 is 0 Å². The Morgan fingerprint density at radius 3 is 2.47 bits per heavy atom. The molecule has 1 N–H and O–H groups in total. The van der Waals surface area contributed by atoms with Crippen LogP contribution in [-0.4, -0.2) is 15.2 Å². The Morgan fingerprint density at radius 1 is 1.24 bits per heavy atom. The zero-order valence-corrected chi connectivity index (χ0v) is 8.99. The number of hydrogen-bond donors (Lipinski definition) is 1. The monoisotopic (exact) mass is 241 g/mol. The summed E-state index contributed by atoms with van der Waals surface area (Å²) in [6, 6.07) is 4.19. The molecule has 0 aliphatic heterocycles. The second-order valence-electron chi connectivity index (χ2n) is 3.70. The van der Waals surface area contributed by atoms with Crippen LogP contribution in [0.3, 0.4) is 0 Å². The van der Waals surface area contributed by atoms with Crippen molar-refractivity contribution in [2.45, 2.75) is 19.0 Å². The second-order valence-corrected chi connectivity index (χ2v) is 3.70. The molecule has 3 nitrogen and oxygen atoms in total. The van der Waals surface area contributed by atoms with Crippen LogP contribution in [0.25, 0.3) is 0 Å². The van der Waals surface area contributed by atoms with Gasteiger partial charge >= 0.3 is 6.18 Å². The second kappa shape index (κ2) is 4.20. The van der Waals surface area contributed by atoms with E-state index in [1.807, 2.05) is 6.92 Å². The SMILES string of the molecule is CC(c1ccc(C(F)(F)F)nc1)c1cc[nH]n1. The summed E-state index contributed by atoms with van der Waals surface area (Å²) in [6.45, 7) is 1.86. The number of hydrogen-bond acceptors (Lipinski definition) is 2. The van der Waals surface area contributed by atoms with Crippen molar-refractivity contribution in [2.24, 2.45) is 0 Å². The van der Waals surface area contributed by atoms with E-state index in [0.717, 1.165) is 11.8 Å². The topological polar surface area (TPSA) is 41.6 Å². The van der Waals surface area contributed by atoms with E-state index in [1.54, 1.807) is 12.3 Å². The molecule has 0 saturated heterocycles. The first-order valence-electron chi connectivity index (χ1n) is 5.01. The van der Waals surface area contributed by atoms with Crippen LogP contribution in [0.1, 0.15) is 29.8 Å². The first-order valence-corrected chi connectivity index (χ1v) is 5.01. The van der Waals surface area contributed by atoms with Gasteiger partial charge in [0, 0.05) is 18.3 Å². The predicted octanol–water partition coefficient (Wildman–Crippen LogP) is 2.98. The number of alkyl halides is 3. The molecule has 2 rings (SSSR count). The van der Waals surface area contributed by atoms with E-state index in [-0.39, 0.29) is 5.92 Å². The summed E-state index contributed by atoms with van der Waals surface area (Å²) in [6.07, 6.45) is -1.49. The fourth-order valence-electron chi connectivity index (χ4n) is 1.51. The van der Waals surface area contributed by atoms with Crippen LogP contribution in [-0.2, 0) is 6.18 Å². The van der Waals surface area contributed by atoms with E-state index in [1.165, 1.54) is 12.3 Å². The highest BCUT2D eigenvalue weighted by Crippen LogP contribution is 2.29. The fraction of sp³-hybridized carbons (Fsp3) is 0.273. The molecule has 0 aliphatic rings. The van der Waals surface area contributed by atoms with Gasteiger partial charge in [0.05, 0.1) is 5.69 Å². The lowest BCUT2D eigenvalue weighted by molar-refractivity contribution is -0.141. The standard InChI is InChI=1S/C11H10F3N3/c1-7(9-4-5-16-17-9)8-2-3-10(15-6-8)11(12,13)14/h2-7H,1H3,(H,16,17). The number of nitrogens with one attached hydrogen (secondary N) is 1. The van der Waals surface area contributed by atoms with E-state index < -0.39 is 11.9 Å². The number of nitrogens with zero attached hydrogens (tertiary/aromatic N) is 2. The first kappa shape index (κ1) is 11.6. The number of aromatic nitrogens is 3. The lowest BCUT2D eigenvalue weighted by Crippen LogP contribution is -2.08. The molecular formula is C11H10F3N3. The molecule has 0 saturated carbocycles. The smallest absolute Gasteiger partial charge is 0.285 e. The third-order valence-electron chi connectivity index (χ3n) is 2.54. The van der Waals surface area contributed by atoms with Crippen LogP contribution in [0, 0.1) is 0 Å². The Labute approximate surface area is 95.7 Å². The molecule has 1 unspecified atom stereocenters. The van der Waals surface area contributed by atoms with Crippen LogP contribution in [0.2, 0.25) is 0 Å². The molecule has 0 aliphatic carbocycles. The molecule has 0 aromatic carbocycles. The highest BCUT2D eigenvalue weighted by molar-refractivity contribution is 5.26. The van der Waals surface area contributed by atoms with Gasteiger partial charge in [0.25, 0.3) is 0 Å². The Hall–Kier alpha value is -1.85. The number of pyridine rings is 1. The minimum absolute atomic E-state index is 0.0870. The van der Waals surface area contributed by atoms with Crippen LogP contribution >= 0.6 is 0 Å². The molecule has 2 aromatic rings. The Balaban J connectivity index is 2.24. The van der Waals surface area contributed by atoms with E-state index >= 15 is 0 Å². The summed E-state index contributed by atoms with van der Waals surface area (Å²) < 4.78 is 36.9. The van der Waals surface area contributed by atoms with Crippen LogP contribution in [0.5, 0.6) is 0 Å². The lowest BCUT2D eigenvalue weighted by Gasteiger charge is -2.10. The summed E-state index contributed by atoms with van der Waals surface area (Å²) in [5.41, 5.74) is 0.590. The van der Waals surface area contributed by atoms with Gasteiger partial charge in [-0.05, 0) is 17.7 Å². The molecule has 2 aromatic heterocycles. The summed E-state index contributed by atoms with van der Waals surface area (Å²) in [5.74, 6) is -0.0870. The molecule has 0 amide bonds. The van der Waals surface area contributed by atoms with Crippen molar-refractivity contribution in [3.63, 3.8) is 0 Å². The summed E-state index contributed by atoms with van der Waals surface area (Å²) in [4.78, 5) is 3.42. The Kier molecular flexibility index (Phi) is 2.87. The number of halogens is 3. The number of H-pyrrole nitrogens is 1. The van der Waals surface area contributed by atoms with Gasteiger partial charge in [-0.3, -0.25) is 10.1 Å². The van der Waals surface area contributed by atoms with Gasteiger partial charge in [0.15, 0.2) is 0 Å². The van der Waals surface area contributed by atoms with Crippen molar-refractivity contribution in [3.05, 3.63) is 47.5 Å². The maximum absolute atomic E-state index is 12.3. The van der Waals surface area contributed by atoms with Crippen molar-refractivity contribution in [1.82, 2.24) is 15.2 Å². The average Bonchev–Trinajstić information content (AvgIpc) is 2.80. The van der Waals surface area contributed by atoms with Gasteiger partial charge in [-0.1, -0.05) is 13.0 Å². The molecule has 1 atom stereocenters. The molecule has 0 fully saturated rings. The number of aromatic amines is 1. The molecule has 2 heterocycles. The maximum atomic E-state index is 12.3. The van der Waals surface area contributed by atoms with Crippen molar-refractivity contribution >= 4 is 0 Å².